The lowest BCUT2D eigenvalue weighted by Crippen LogP contribution is -2.34. The Bertz CT molecular complexity index is 407. The molecule has 0 fully saturated rings. The first-order valence-electron chi connectivity index (χ1n) is 7.04. The highest BCUT2D eigenvalue weighted by atomic mass is 32.2. The van der Waals surface area contributed by atoms with Crippen LogP contribution in [0.3, 0.4) is 0 Å². The predicted octanol–water partition coefficient (Wildman–Crippen LogP) is 1.17. The quantitative estimate of drug-likeness (QED) is 0.593. The van der Waals surface area contributed by atoms with E-state index in [2.05, 4.69) is 10.0 Å². The van der Waals surface area contributed by atoms with Crippen LogP contribution in [0.5, 0.6) is 0 Å². The molecule has 20 heavy (non-hydrogen) atoms. The summed E-state index contributed by atoms with van der Waals surface area (Å²) in [5.74, 6) is -0.498. The summed E-state index contributed by atoms with van der Waals surface area (Å²) in [6.45, 7) is 5.79. The topological polar surface area (TPSA) is 92.3 Å². The molecule has 0 spiro atoms. The molecule has 6 nitrogen and oxygen atoms in total. The predicted molar refractivity (Wildman–Crippen MR) is 78.5 cm³/mol. The molecule has 0 aromatic rings. The molecule has 1 atom stereocenters. The summed E-state index contributed by atoms with van der Waals surface area (Å²) in [5, 5.41) is 2.66. The molecule has 2 N–H and O–H groups in total. The van der Waals surface area contributed by atoms with Crippen molar-refractivity contribution in [3.63, 3.8) is 0 Å². The third-order valence-corrected chi connectivity index (χ3v) is 4.47. The summed E-state index contributed by atoms with van der Waals surface area (Å²) in [4.78, 5) is 22.1. The zero-order chi connectivity index (χ0) is 15.6. The minimum atomic E-state index is -3.51. The van der Waals surface area contributed by atoms with Gasteiger partial charge in [0.2, 0.25) is 21.8 Å². The Morgan fingerprint density at radius 1 is 1.15 bits per heavy atom. The largest absolute Gasteiger partial charge is 0.356 e. The lowest BCUT2D eigenvalue weighted by molar-refractivity contribution is -0.120. The molecule has 0 rings (SSSR count). The zero-order valence-electron chi connectivity index (χ0n) is 12.6. The molecule has 7 heteroatoms. The van der Waals surface area contributed by atoms with Crippen molar-refractivity contribution in [3.8, 4) is 0 Å². The maximum Gasteiger partial charge on any atom is 0.235 e. The Hall–Kier alpha value is -1.11. The number of amides is 2. The highest BCUT2D eigenvalue weighted by Gasteiger charge is 2.17. The fourth-order valence-corrected chi connectivity index (χ4v) is 3.13. The summed E-state index contributed by atoms with van der Waals surface area (Å²) in [5.41, 5.74) is 0. The molecule has 118 valence electrons. The molecular formula is C13H26N2O4S. The number of nitrogens with one attached hydrogen (secondary N) is 2. The van der Waals surface area contributed by atoms with Gasteiger partial charge >= 0.3 is 0 Å². The Morgan fingerprint density at radius 3 is 2.35 bits per heavy atom. The van der Waals surface area contributed by atoms with Crippen molar-refractivity contribution in [3.05, 3.63) is 0 Å². The van der Waals surface area contributed by atoms with Crippen LogP contribution in [-0.4, -0.2) is 32.5 Å². The van der Waals surface area contributed by atoms with Crippen LogP contribution in [0.2, 0.25) is 0 Å². The fourth-order valence-electron chi connectivity index (χ4n) is 1.61. The lowest BCUT2D eigenvalue weighted by atomic mass is 10.2. The van der Waals surface area contributed by atoms with E-state index in [1.54, 1.807) is 0 Å². The van der Waals surface area contributed by atoms with Gasteiger partial charge in [-0.1, -0.05) is 26.7 Å². The Morgan fingerprint density at radius 2 is 1.80 bits per heavy atom. The van der Waals surface area contributed by atoms with E-state index in [1.165, 1.54) is 6.92 Å². The number of rotatable bonds is 10. The first-order valence-corrected chi connectivity index (χ1v) is 8.69. The number of unbranched alkanes of at least 4 members (excludes halogenated alkanes) is 2. The van der Waals surface area contributed by atoms with Crippen LogP contribution < -0.4 is 10.0 Å². The van der Waals surface area contributed by atoms with Crippen molar-refractivity contribution >= 4 is 21.8 Å². The normalized spacial score (nSPS) is 12.8. The molecule has 0 aliphatic carbocycles. The third-order valence-electron chi connectivity index (χ3n) is 2.92. The van der Waals surface area contributed by atoms with E-state index in [0.717, 1.165) is 19.3 Å². The number of carbonyl (C=O) groups is 2. The van der Waals surface area contributed by atoms with Crippen LogP contribution in [0, 0.1) is 5.92 Å². The van der Waals surface area contributed by atoms with Crippen molar-refractivity contribution in [2.75, 3.05) is 12.3 Å². The second kappa shape index (κ2) is 9.74. The van der Waals surface area contributed by atoms with E-state index < -0.39 is 15.9 Å². The van der Waals surface area contributed by atoms with E-state index in [9.17, 15) is 18.0 Å². The van der Waals surface area contributed by atoms with Gasteiger partial charge in [-0.3, -0.25) is 14.3 Å². The average Bonchev–Trinajstić information content (AvgIpc) is 2.31. The molecule has 0 radical (unpaired) electrons. The van der Waals surface area contributed by atoms with E-state index in [0.29, 0.717) is 13.0 Å². The van der Waals surface area contributed by atoms with Crippen LogP contribution in [0.4, 0.5) is 0 Å². The lowest BCUT2D eigenvalue weighted by Gasteiger charge is -2.10. The monoisotopic (exact) mass is 306 g/mol. The summed E-state index contributed by atoms with van der Waals surface area (Å²) < 4.78 is 25.4. The van der Waals surface area contributed by atoms with Crippen molar-refractivity contribution in [2.24, 2.45) is 5.92 Å². The van der Waals surface area contributed by atoms with Gasteiger partial charge in [-0.25, -0.2) is 8.42 Å². The minimum Gasteiger partial charge on any atom is -0.356 e. The van der Waals surface area contributed by atoms with Crippen molar-refractivity contribution in [1.82, 2.24) is 10.0 Å². The minimum absolute atomic E-state index is 0.0161. The van der Waals surface area contributed by atoms with Crippen LogP contribution >= 0.6 is 0 Å². The molecule has 2 amide bonds. The van der Waals surface area contributed by atoms with E-state index in [4.69, 9.17) is 0 Å². The second-order valence-electron chi connectivity index (χ2n) is 5.11. The number of hydrogen-bond acceptors (Lipinski definition) is 4. The first kappa shape index (κ1) is 18.9. The summed E-state index contributed by atoms with van der Waals surface area (Å²) in [6.07, 6.45) is 3.13. The molecule has 0 aliphatic rings. The molecule has 1 unspecified atom stereocenters. The molecule has 0 aromatic heterocycles. The van der Waals surface area contributed by atoms with Crippen molar-refractivity contribution in [1.29, 1.82) is 0 Å². The van der Waals surface area contributed by atoms with Gasteiger partial charge in [0.25, 0.3) is 0 Å². The Labute approximate surface area is 121 Å². The number of sulfonamides is 1. The zero-order valence-corrected chi connectivity index (χ0v) is 13.4. The third kappa shape index (κ3) is 10.8. The van der Waals surface area contributed by atoms with E-state index in [1.807, 2.05) is 13.8 Å². The molecule has 0 bridgehead atoms. The first-order chi connectivity index (χ1) is 9.26. The van der Waals surface area contributed by atoms with Gasteiger partial charge in [-0.15, -0.1) is 0 Å². The molecule has 0 aliphatic heterocycles. The molecular weight excluding hydrogens is 280 g/mol. The van der Waals surface area contributed by atoms with E-state index >= 15 is 0 Å². The van der Waals surface area contributed by atoms with Gasteiger partial charge in [-0.2, -0.15) is 0 Å². The van der Waals surface area contributed by atoms with Gasteiger partial charge in [-0.05, 0) is 18.8 Å². The van der Waals surface area contributed by atoms with Gasteiger partial charge < -0.3 is 5.32 Å². The van der Waals surface area contributed by atoms with Gasteiger partial charge in [0, 0.05) is 19.9 Å². The Balaban J connectivity index is 3.80. The molecule has 0 saturated carbocycles. The Kier molecular flexibility index (Phi) is 9.20. The highest BCUT2D eigenvalue weighted by Crippen LogP contribution is 2.05. The van der Waals surface area contributed by atoms with Crippen LogP contribution in [0.1, 0.15) is 52.9 Å². The van der Waals surface area contributed by atoms with Crippen LogP contribution in [-0.2, 0) is 19.6 Å². The number of hydrogen-bond donors (Lipinski definition) is 2. The van der Waals surface area contributed by atoms with Crippen LogP contribution in [0.15, 0.2) is 0 Å². The molecule has 0 saturated heterocycles. The summed E-state index contributed by atoms with van der Waals surface area (Å²) in [6, 6.07) is 0. The molecule has 0 aromatic carbocycles. The maximum atomic E-state index is 11.6. The van der Waals surface area contributed by atoms with Gasteiger partial charge in [0.15, 0.2) is 0 Å². The number of carbonyl (C=O) groups excluding carboxylic acids is 2. The maximum absolute atomic E-state index is 11.6. The smallest absolute Gasteiger partial charge is 0.235 e. The van der Waals surface area contributed by atoms with Gasteiger partial charge in [0.1, 0.15) is 0 Å². The average molecular weight is 306 g/mol. The van der Waals surface area contributed by atoms with Crippen molar-refractivity contribution in [2.45, 2.75) is 52.9 Å². The van der Waals surface area contributed by atoms with Crippen molar-refractivity contribution < 1.29 is 18.0 Å². The standard InChI is InChI=1S/C13H26N2O4S/c1-4-11(2)10-20(18,19)15-13(17)8-6-5-7-9-14-12(3)16/h11H,4-10H2,1-3H3,(H,14,16)(H,15,17). The highest BCUT2D eigenvalue weighted by molar-refractivity contribution is 7.90. The molecule has 0 heterocycles. The van der Waals surface area contributed by atoms with Crippen LogP contribution in [0.25, 0.3) is 0 Å². The summed E-state index contributed by atoms with van der Waals surface area (Å²) >= 11 is 0. The summed E-state index contributed by atoms with van der Waals surface area (Å²) in [7, 11) is -3.51. The SMILES string of the molecule is CCC(C)CS(=O)(=O)NC(=O)CCCCCNC(C)=O. The van der Waals surface area contributed by atoms with Gasteiger partial charge in [0.05, 0.1) is 5.75 Å². The van der Waals surface area contributed by atoms with E-state index in [-0.39, 0.29) is 24.0 Å². The fraction of sp³-hybridized carbons (Fsp3) is 0.846. The second-order valence-corrected chi connectivity index (χ2v) is 6.88.